The van der Waals surface area contributed by atoms with E-state index in [0.29, 0.717) is 6.42 Å². The van der Waals surface area contributed by atoms with Gasteiger partial charge >= 0.3 is 0 Å². The normalized spacial score (nSPS) is 13.6. The first-order valence-corrected chi connectivity index (χ1v) is 9.74. The van der Waals surface area contributed by atoms with Crippen molar-refractivity contribution in [2.45, 2.75) is 84.3 Å². The molecular formula is C22H37NO2. The smallest absolute Gasteiger partial charge is 0.221 e. The highest BCUT2D eigenvalue weighted by atomic mass is 16.3. The Morgan fingerprint density at radius 2 is 1.32 bits per heavy atom. The molecule has 0 aromatic carbocycles. The number of rotatable bonds is 15. The molecule has 3 heteroatoms. The first-order chi connectivity index (χ1) is 12.2. The van der Waals surface area contributed by atoms with Crippen LogP contribution in [0.4, 0.5) is 0 Å². The van der Waals surface area contributed by atoms with Crippen molar-refractivity contribution in [1.82, 2.24) is 5.32 Å². The third-order valence-electron chi connectivity index (χ3n) is 3.60. The molecule has 0 spiro atoms. The molecule has 1 atom stereocenters. The fourth-order valence-electron chi connectivity index (χ4n) is 2.25. The molecule has 2 N–H and O–H groups in total. The zero-order chi connectivity index (χ0) is 18.6. The van der Waals surface area contributed by atoms with Crippen molar-refractivity contribution in [1.29, 1.82) is 0 Å². The van der Waals surface area contributed by atoms with Crippen molar-refractivity contribution in [2.75, 3.05) is 0 Å². The number of nitrogens with one attached hydrogen (secondary N) is 1. The zero-order valence-electron chi connectivity index (χ0n) is 16.1. The van der Waals surface area contributed by atoms with Gasteiger partial charge in [0.15, 0.2) is 0 Å². The summed E-state index contributed by atoms with van der Waals surface area (Å²) in [6.07, 6.45) is 27.0. The minimum Gasteiger partial charge on any atom is -0.374 e. The lowest BCUT2D eigenvalue weighted by molar-refractivity contribution is -0.123. The maximum absolute atomic E-state index is 11.3. The Kier molecular flexibility index (Phi) is 17.5. The van der Waals surface area contributed by atoms with Crippen molar-refractivity contribution >= 4 is 5.91 Å². The molecule has 25 heavy (non-hydrogen) atoms. The minimum atomic E-state index is -0.760. The number of aliphatic hydroxyl groups excluding tert-OH is 1. The zero-order valence-corrected chi connectivity index (χ0v) is 16.1. The Labute approximate surface area is 154 Å². The molecule has 0 radical (unpaired) electrons. The van der Waals surface area contributed by atoms with E-state index in [0.717, 1.165) is 32.1 Å². The summed E-state index contributed by atoms with van der Waals surface area (Å²) in [6, 6.07) is 0. The van der Waals surface area contributed by atoms with E-state index in [-0.39, 0.29) is 5.91 Å². The number of unbranched alkanes of at least 4 members (excludes halogenated alkanes) is 4. The average molecular weight is 348 g/mol. The van der Waals surface area contributed by atoms with Crippen molar-refractivity contribution < 1.29 is 9.90 Å². The van der Waals surface area contributed by atoms with Crippen molar-refractivity contribution in [3.05, 3.63) is 48.6 Å². The van der Waals surface area contributed by atoms with Crippen molar-refractivity contribution in [3.8, 4) is 0 Å². The first kappa shape index (κ1) is 23.4. The number of hydrogen-bond acceptors (Lipinski definition) is 2. The van der Waals surface area contributed by atoms with Gasteiger partial charge in [-0.2, -0.15) is 0 Å². The summed E-state index contributed by atoms with van der Waals surface area (Å²) in [6.45, 7) is 3.78. The van der Waals surface area contributed by atoms with Gasteiger partial charge in [-0.25, -0.2) is 0 Å². The molecule has 0 saturated heterocycles. The van der Waals surface area contributed by atoms with Gasteiger partial charge in [-0.1, -0.05) is 68.4 Å². The fraction of sp³-hybridized carbons (Fsp3) is 0.591. The maximum atomic E-state index is 11.3. The number of carbonyl (C=O) groups excluding carboxylic acids is 1. The first-order valence-electron chi connectivity index (χ1n) is 9.74. The van der Waals surface area contributed by atoms with E-state index < -0.39 is 6.23 Å². The van der Waals surface area contributed by atoms with Crippen LogP contribution in [0.2, 0.25) is 0 Å². The molecule has 1 unspecified atom stereocenters. The van der Waals surface area contributed by atoms with Gasteiger partial charge in [0.1, 0.15) is 6.23 Å². The molecule has 142 valence electrons. The summed E-state index contributed by atoms with van der Waals surface area (Å²) in [5, 5.41) is 11.5. The third-order valence-corrected chi connectivity index (χ3v) is 3.60. The van der Waals surface area contributed by atoms with Crippen LogP contribution in [0.5, 0.6) is 0 Å². The van der Waals surface area contributed by atoms with Gasteiger partial charge in [-0.15, -0.1) is 0 Å². The topological polar surface area (TPSA) is 49.3 Å². The summed E-state index contributed by atoms with van der Waals surface area (Å²) in [4.78, 5) is 11.3. The quantitative estimate of drug-likeness (QED) is 0.230. The Hall–Kier alpha value is -1.61. The average Bonchev–Trinajstić information content (AvgIpc) is 2.57. The monoisotopic (exact) mass is 347 g/mol. The molecule has 0 saturated carbocycles. The molecular weight excluding hydrogens is 310 g/mol. The SMILES string of the molecule is CCCCCC=CCC=CCC=CCC=CCCCC(=O)NC(C)O. The van der Waals surface area contributed by atoms with Crippen LogP contribution in [0, 0.1) is 0 Å². The van der Waals surface area contributed by atoms with Gasteiger partial charge in [0, 0.05) is 6.42 Å². The van der Waals surface area contributed by atoms with E-state index >= 15 is 0 Å². The van der Waals surface area contributed by atoms with Crippen LogP contribution < -0.4 is 5.32 Å². The van der Waals surface area contributed by atoms with Crippen molar-refractivity contribution in [3.63, 3.8) is 0 Å². The molecule has 0 bridgehead atoms. The number of carbonyl (C=O) groups is 1. The lowest BCUT2D eigenvalue weighted by Gasteiger charge is -2.05. The largest absolute Gasteiger partial charge is 0.374 e. The molecule has 0 aliphatic rings. The van der Waals surface area contributed by atoms with Gasteiger partial charge < -0.3 is 10.4 Å². The highest BCUT2D eigenvalue weighted by Gasteiger charge is 2.01. The number of allylic oxidation sites excluding steroid dienone is 8. The van der Waals surface area contributed by atoms with Crippen LogP contribution in [0.1, 0.15) is 78.1 Å². The second-order valence-corrected chi connectivity index (χ2v) is 6.22. The molecule has 0 fully saturated rings. The maximum Gasteiger partial charge on any atom is 0.221 e. The number of aliphatic hydroxyl groups is 1. The molecule has 0 aromatic heterocycles. The molecule has 0 aliphatic carbocycles. The number of amides is 1. The van der Waals surface area contributed by atoms with Crippen LogP contribution in [-0.2, 0) is 4.79 Å². The number of hydrogen-bond donors (Lipinski definition) is 2. The van der Waals surface area contributed by atoms with Crippen LogP contribution in [-0.4, -0.2) is 17.2 Å². The van der Waals surface area contributed by atoms with E-state index in [2.05, 4.69) is 60.8 Å². The highest BCUT2D eigenvalue weighted by Crippen LogP contribution is 2.01. The third kappa shape index (κ3) is 20.3. The van der Waals surface area contributed by atoms with E-state index in [9.17, 15) is 4.79 Å². The Balaban J connectivity index is 3.47. The summed E-state index contributed by atoms with van der Waals surface area (Å²) in [5.41, 5.74) is 0. The Morgan fingerprint density at radius 1 is 0.840 bits per heavy atom. The predicted molar refractivity (Wildman–Crippen MR) is 108 cm³/mol. The Morgan fingerprint density at radius 3 is 1.80 bits per heavy atom. The lowest BCUT2D eigenvalue weighted by Crippen LogP contribution is -2.31. The van der Waals surface area contributed by atoms with Gasteiger partial charge in [0.25, 0.3) is 0 Å². The van der Waals surface area contributed by atoms with Crippen LogP contribution in [0.3, 0.4) is 0 Å². The Bertz CT molecular complexity index is 420. The summed E-state index contributed by atoms with van der Waals surface area (Å²) >= 11 is 0. The fourth-order valence-corrected chi connectivity index (χ4v) is 2.25. The predicted octanol–water partition coefficient (Wildman–Crippen LogP) is 5.59. The van der Waals surface area contributed by atoms with Gasteiger partial charge in [-0.3, -0.25) is 4.79 Å². The highest BCUT2D eigenvalue weighted by molar-refractivity contribution is 5.75. The second-order valence-electron chi connectivity index (χ2n) is 6.22. The van der Waals surface area contributed by atoms with Gasteiger partial charge in [-0.05, 0) is 51.9 Å². The summed E-state index contributed by atoms with van der Waals surface area (Å²) < 4.78 is 0. The van der Waals surface area contributed by atoms with Crippen LogP contribution in [0.25, 0.3) is 0 Å². The second kappa shape index (κ2) is 18.7. The molecule has 0 aliphatic heterocycles. The molecule has 1 amide bonds. The van der Waals surface area contributed by atoms with E-state index in [4.69, 9.17) is 5.11 Å². The van der Waals surface area contributed by atoms with Gasteiger partial charge in [0.05, 0.1) is 0 Å². The molecule has 3 nitrogen and oxygen atoms in total. The lowest BCUT2D eigenvalue weighted by atomic mass is 10.2. The van der Waals surface area contributed by atoms with E-state index in [1.807, 2.05) is 0 Å². The van der Waals surface area contributed by atoms with E-state index in [1.165, 1.54) is 25.7 Å². The van der Waals surface area contributed by atoms with Gasteiger partial charge in [0.2, 0.25) is 5.91 Å². The van der Waals surface area contributed by atoms with Crippen LogP contribution in [0.15, 0.2) is 48.6 Å². The molecule has 0 rings (SSSR count). The van der Waals surface area contributed by atoms with Crippen LogP contribution >= 0.6 is 0 Å². The summed E-state index contributed by atoms with van der Waals surface area (Å²) in [7, 11) is 0. The summed E-state index contributed by atoms with van der Waals surface area (Å²) in [5.74, 6) is -0.0918. The molecule has 0 aromatic rings. The van der Waals surface area contributed by atoms with Crippen molar-refractivity contribution in [2.24, 2.45) is 0 Å². The standard InChI is InChI=1S/C22H37NO2/c1-3-4-5-6-7-8-9-10-11-12-13-14-15-16-17-18-19-20-22(25)23-21(2)24/h7-8,10-11,13-14,16-17,21,24H,3-6,9,12,15,18-20H2,1-2H3,(H,23,25). The van der Waals surface area contributed by atoms with E-state index in [1.54, 1.807) is 6.92 Å². The minimum absolute atomic E-state index is 0.0918. The molecule has 0 heterocycles.